The van der Waals surface area contributed by atoms with Crippen LogP contribution in [0.15, 0.2) is 40.5 Å². The van der Waals surface area contributed by atoms with Crippen molar-refractivity contribution in [2.24, 2.45) is 16.0 Å². The summed E-state index contributed by atoms with van der Waals surface area (Å²) in [7, 11) is 0. The minimum atomic E-state index is -1.79. The second kappa shape index (κ2) is 12.0. The lowest BCUT2D eigenvalue weighted by atomic mass is 9.98. The largest absolute Gasteiger partial charge is 0.394 e. The van der Waals surface area contributed by atoms with Crippen molar-refractivity contribution < 1.29 is 45.2 Å². The minimum Gasteiger partial charge on any atom is -0.394 e. The van der Waals surface area contributed by atoms with E-state index in [-0.39, 0.29) is 5.71 Å². The summed E-state index contributed by atoms with van der Waals surface area (Å²) >= 11 is 0. The molecule has 31 heavy (non-hydrogen) atoms. The Bertz CT molecular complexity index is 721. The van der Waals surface area contributed by atoms with Gasteiger partial charge in [0.25, 0.3) is 0 Å². The number of nitrogens with one attached hydrogen (secondary N) is 1. The van der Waals surface area contributed by atoms with Crippen molar-refractivity contribution in [2.75, 3.05) is 18.6 Å². The molecule has 174 valence electrons. The highest BCUT2D eigenvalue weighted by Gasteiger charge is 2.46. The molecule has 1 aromatic rings. The summed E-state index contributed by atoms with van der Waals surface area (Å²) in [4.78, 5) is 0. The molecule has 1 aliphatic heterocycles. The summed E-state index contributed by atoms with van der Waals surface area (Å²) in [6.45, 7) is -1.55. The number of aliphatic hydroxyl groups excluding tert-OH is 7. The molecule has 0 saturated carbocycles. The SMILES string of the molecule is NN=CC(=NNc1ccccc1)C(O)C(OC1OC(CO)C(O)C(O)C1O)C(O)CO. The highest BCUT2D eigenvalue weighted by atomic mass is 16.7. The highest BCUT2D eigenvalue weighted by molar-refractivity contribution is 6.32. The molecule has 0 aromatic heterocycles. The topological polar surface area (TPSA) is 223 Å². The summed E-state index contributed by atoms with van der Waals surface area (Å²) in [5.41, 5.74) is 3.02. The number of nitrogens with two attached hydrogens (primary N) is 1. The van der Waals surface area contributed by atoms with Gasteiger partial charge in [0, 0.05) is 0 Å². The first kappa shape index (κ1) is 25.1. The van der Waals surface area contributed by atoms with E-state index >= 15 is 0 Å². The molecule has 1 aromatic carbocycles. The molecule has 0 radical (unpaired) electrons. The molecule has 8 atom stereocenters. The molecule has 0 spiro atoms. The molecule has 0 bridgehead atoms. The molecule has 1 fully saturated rings. The van der Waals surface area contributed by atoms with Crippen LogP contribution in [0.1, 0.15) is 0 Å². The van der Waals surface area contributed by atoms with Gasteiger partial charge in [0.1, 0.15) is 48.4 Å². The number of hydrogen-bond donors (Lipinski definition) is 9. The van der Waals surface area contributed by atoms with Crippen LogP contribution < -0.4 is 11.3 Å². The van der Waals surface area contributed by atoms with Crippen LogP contribution in [0.4, 0.5) is 5.69 Å². The smallest absolute Gasteiger partial charge is 0.187 e. The monoisotopic (exact) mass is 444 g/mol. The molecule has 10 N–H and O–H groups in total. The zero-order valence-electron chi connectivity index (χ0n) is 16.4. The van der Waals surface area contributed by atoms with Crippen LogP contribution >= 0.6 is 0 Å². The first-order valence-corrected chi connectivity index (χ1v) is 9.38. The fourth-order valence-corrected chi connectivity index (χ4v) is 2.87. The maximum absolute atomic E-state index is 10.7. The highest BCUT2D eigenvalue weighted by Crippen LogP contribution is 2.24. The van der Waals surface area contributed by atoms with Crippen LogP contribution in [-0.2, 0) is 9.47 Å². The first-order chi connectivity index (χ1) is 14.8. The van der Waals surface area contributed by atoms with Crippen LogP contribution in [0.25, 0.3) is 0 Å². The summed E-state index contributed by atoms with van der Waals surface area (Å²) in [6, 6.07) is 8.65. The van der Waals surface area contributed by atoms with Gasteiger partial charge in [-0.2, -0.15) is 10.2 Å². The Hall–Kier alpha value is -2.20. The maximum atomic E-state index is 10.7. The van der Waals surface area contributed by atoms with E-state index in [1.165, 1.54) is 0 Å². The number of anilines is 1. The molecule has 2 rings (SSSR count). The van der Waals surface area contributed by atoms with Crippen molar-refractivity contribution >= 4 is 17.6 Å². The van der Waals surface area contributed by atoms with Gasteiger partial charge in [0.05, 0.1) is 25.1 Å². The van der Waals surface area contributed by atoms with Crippen molar-refractivity contribution in [2.45, 2.75) is 49.0 Å². The van der Waals surface area contributed by atoms with Crippen LogP contribution in [0.2, 0.25) is 0 Å². The summed E-state index contributed by atoms with van der Waals surface area (Å²) < 4.78 is 10.6. The zero-order chi connectivity index (χ0) is 23.0. The fourth-order valence-electron chi connectivity index (χ4n) is 2.87. The van der Waals surface area contributed by atoms with Crippen LogP contribution in [0.5, 0.6) is 0 Å². The average Bonchev–Trinajstić information content (AvgIpc) is 2.79. The quantitative estimate of drug-likeness (QED) is 0.0970. The number of rotatable bonds is 10. The summed E-state index contributed by atoms with van der Waals surface area (Å²) in [6.07, 6.45) is -12.2. The lowest BCUT2D eigenvalue weighted by Crippen LogP contribution is -2.61. The molecular formula is C18H28N4O9. The average molecular weight is 444 g/mol. The van der Waals surface area contributed by atoms with E-state index in [1.807, 2.05) is 0 Å². The molecule has 13 heteroatoms. The third-order valence-electron chi connectivity index (χ3n) is 4.61. The van der Waals surface area contributed by atoms with Crippen molar-refractivity contribution in [3.63, 3.8) is 0 Å². The second-order valence-electron chi connectivity index (χ2n) is 6.79. The number of ether oxygens (including phenoxy) is 2. The van der Waals surface area contributed by atoms with Gasteiger partial charge in [-0.3, -0.25) is 5.43 Å². The third kappa shape index (κ3) is 6.39. The van der Waals surface area contributed by atoms with Gasteiger partial charge in [-0.15, -0.1) is 0 Å². The predicted octanol–water partition coefficient (Wildman–Crippen LogP) is -3.70. The Morgan fingerprint density at radius 1 is 1.13 bits per heavy atom. The van der Waals surface area contributed by atoms with Gasteiger partial charge in [-0.1, -0.05) is 18.2 Å². The Balaban J connectivity index is 2.24. The molecule has 0 amide bonds. The number of hydrogen-bond acceptors (Lipinski definition) is 13. The van der Waals surface area contributed by atoms with E-state index < -0.39 is 62.2 Å². The molecule has 8 unspecified atom stereocenters. The normalized spacial score (nSPS) is 30.2. The Morgan fingerprint density at radius 3 is 2.39 bits per heavy atom. The lowest BCUT2D eigenvalue weighted by molar-refractivity contribution is -0.322. The molecule has 13 nitrogen and oxygen atoms in total. The van der Waals surface area contributed by atoms with Gasteiger partial charge in [0.2, 0.25) is 0 Å². The maximum Gasteiger partial charge on any atom is 0.187 e. The number of hydrazone groups is 2. The minimum absolute atomic E-state index is 0.201. The third-order valence-corrected chi connectivity index (χ3v) is 4.61. The van der Waals surface area contributed by atoms with Crippen molar-refractivity contribution in [3.05, 3.63) is 30.3 Å². The van der Waals surface area contributed by atoms with E-state index in [0.717, 1.165) is 6.21 Å². The first-order valence-electron chi connectivity index (χ1n) is 9.38. The standard InChI is InChI=1S/C18H28N4O9/c19-20-6-10(22-21-9-4-2-1-3-5-9)13(26)17(11(25)7-23)31-18-16(29)15(28)14(27)12(8-24)30-18/h1-6,11-18,21,23-29H,7-8,19H2. The van der Waals surface area contributed by atoms with Crippen molar-refractivity contribution in [3.8, 4) is 0 Å². The number of aliphatic hydroxyl groups is 7. The number of nitrogens with zero attached hydrogens (tertiary/aromatic N) is 2. The number of para-hydroxylation sites is 1. The predicted molar refractivity (Wildman–Crippen MR) is 108 cm³/mol. The van der Waals surface area contributed by atoms with E-state index in [1.54, 1.807) is 30.3 Å². The zero-order valence-corrected chi connectivity index (χ0v) is 16.4. The van der Waals surface area contributed by atoms with Gasteiger partial charge in [-0.05, 0) is 12.1 Å². The Morgan fingerprint density at radius 2 is 1.81 bits per heavy atom. The summed E-state index contributed by atoms with van der Waals surface area (Å²) in [5, 5.41) is 76.7. The molecule has 1 heterocycles. The summed E-state index contributed by atoms with van der Waals surface area (Å²) in [5.74, 6) is 5.16. The van der Waals surface area contributed by atoms with Crippen molar-refractivity contribution in [1.82, 2.24) is 0 Å². The molecular weight excluding hydrogens is 416 g/mol. The van der Waals surface area contributed by atoms with E-state index in [9.17, 15) is 35.7 Å². The molecule has 1 aliphatic rings. The van der Waals surface area contributed by atoms with Crippen LogP contribution in [0, 0.1) is 0 Å². The second-order valence-corrected chi connectivity index (χ2v) is 6.79. The van der Waals surface area contributed by atoms with E-state index in [0.29, 0.717) is 5.69 Å². The van der Waals surface area contributed by atoms with E-state index in [2.05, 4.69) is 15.6 Å². The Labute approximate surface area is 177 Å². The van der Waals surface area contributed by atoms with Crippen molar-refractivity contribution in [1.29, 1.82) is 0 Å². The van der Waals surface area contributed by atoms with Crippen LogP contribution in [0.3, 0.4) is 0 Å². The van der Waals surface area contributed by atoms with Gasteiger partial charge in [-0.25, -0.2) is 0 Å². The molecule has 1 saturated heterocycles. The van der Waals surface area contributed by atoms with Gasteiger partial charge < -0.3 is 51.1 Å². The fraction of sp³-hybridized carbons (Fsp3) is 0.556. The number of benzene rings is 1. The van der Waals surface area contributed by atoms with Crippen LogP contribution in [-0.4, -0.2) is 110 Å². The van der Waals surface area contributed by atoms with Gasteiger partial charge in [0.15, 0.2) is 6.29 Å². The van der Waals surface area contributed by atoms with E-state index in [4.69, 9.17) is 15.3 Å². The van der Waals surface area contributed by atoms with Gasteiger partial charge >= 0.3 is 0 Å². The molecule has 0 aliphatic carbocycles. The lowest BCUT2D eigenvalue weighted by Gasteiger charge is -2.41. The Kier molecular flexibility index (Phi) is 9.70.